The van der Waals surface area contributed by atoms with Crippen LogP contribution in [0, 0.1) is 16.0 Å². The zero-order valence-corrected chi connectivity index (χ0v) is 12.7. The third kappa shape index (κ3) is 3.78. The minimum absolute atomic E-state index is 0.0358. The van der Waals surface area contributed by atoms with Gasteiger partial charge in [0.2, 0.25) is 11.8 Å². The van der Waals surface area contributed by atoms with Crippen LogP contribution < -0.4 is 10.2 Å². The Morgan fingerprint density at radius 2 is 2.05 bits per heavy atom. The van der Waals surface area contributed by atoms with E-state index in [2.05, 4.69) is 34.0 Å². The molecule has 1 saturated heterocycles. The lowest BCUT2D eigenvalue weighted by Gasteiger charge is -2.35. The maximum Gasteiger partial charge on any atom is 0.329 e. The second kappa shape index (κ2) is 6.66. The number of anilines is 2. The van der Waals surface area contributed by atoms with Crippen molar-refractivity contribution < 1.29 is 4.92 Å². The fourth-order valence-electron chi connectivity index (χ4n) is 2.51. The molecule has 0 saturated carbocycles. The summed E-state index contributed by atoms with van der Waals surface area (Å²) < 4.78 is 0. The Kier molecular flexibility index (Phi) is 4.89. The monoisotopic (exact) mass is 294 g/mol. The first-order valence-corrected chi connectivity index (χ1v) is 7.17. The van der Waals surface area contributed by atoms with Crippen molar-refractivity contribution in [3.8, 4) is 0 Å². The molecule has 1 aliphatic heterocycles. The van der Waals surface area contributed by atoms with Gasteiger partial charge in [-0.15, -0.1) is 0 Å². The van der Waals surface area contributed by atoms with Crippen molar-refractivity contribution in [3.05, 3.63) is 16.3 Å². The molecule has 2 heterocycles. The van der Waals surface area contributed by atoms with Crippen molar-refractivity contribution >= 4 is 17.5 Å². The van der Waals surface area contributed by atoms with Crippen LogP contribution in [0.25, 0.3) is 0 Å². The molecule has 0 unspecified atom stereocenters. The Hall–Kier alpha value is -1.96. The summed E-state index contributed by atoms with van der Waals surface area (Å²) in [6.45, 7) is 8.73. The third-order valence-corrected chi connectivity index (χ3v) is 3.47. The van der Waals surface area contributed by atoms with E-state index < -0.39 is 4.92 Å². The molecule has 0 aromatic carbocycles. The Morgan fingerprint density at radius 1 is 1.38 bits per heavy atom. The highest BCUT2D eigenvalue weighted by Crippen LogP contribution is 2.26. The van der Waals surface area contributed by atoms with Gasteiger partial charge >= 0.3 is 5.69 Å². The van der Waals surface area contributed by atoms with Crippen LogP contribution in [0.5, 0.6) is 0 Å². The fraction of sp³-hybridized carbons (Fsp3) is 0.692. The second-order valence-electron chi connectivity index (χ2n) is 5.59. The van der Waals surface area contributed by atoms with Gasteiger partial charge in [-0.05, 0) is 5.92 Å². The van der Waals surface area contributed by atoms with Gasteiger partial charge in [0.15, 0.2) is 0 Å². The Bertz CT molecular complexity index is 499. The summed E-state index contributed by atoms with van der Waals surface area (Å²) in [4.78, 5) is 23.3. The summed E-state index contributed by atoms with van der Waals surface area (Å²) in [6, 6.07) is 0. The molecule has 116 valence electrons. The first-order chi connectivity index (χ1) is 10.0. The van der Waals surface area contributed by atoms with Gasteiger partial charge in [0.25, 0.3) is 0 Å². The van der Waals surface area contributed by atoms with Gasteiger partial charge in [-0.3, -0.25) is 15.0 Å². The van der Waals surface area contributed by atoms with Gasteiger partial charge in [-0.1, -0.05) is 13.8 Å². The van der Waals surface area contributed by atoms with E-state index in [0.29, 0.717) is 17.7 Å². The SMILES string of the molecule is CNc1ncc([N+](=O)[O-])c(N2CCN(CC(C)C)CC2)n1. The lowest BCUT2D eigenvalue weighted by atomic mass is 10.2. The molecule has 21 heavy (non-hydrogen) atoms. The smallest absolute Gasteiger partial charge is 0.329 e. The third-order valence-electron chi connectivity index (χ3n) is 3.47. The van der Waals surface area contributed by atoms with E-state index in [9.17, 15) is 10.1 Å². The molecule has 1 aromatic rings. The number of nitrogens with one attached hydrogen (secondary N) is 1. The summed E-state index contributed by atoms with van der Waals surface area (Å²) in [5.41, 5.74) is -0.0358. The molecular formula is C13H22N6O2. The molecule has 8 nitrogen and oxygen atoms in total. The van der Waals surface area contributed by atoms with Gasteiger partial charge in [-0.25, -0.2) is 4.98 Å². The summed E-state index contributed by atoms with van der Waals surface area (Å²) in [7, 11) is 1.70. The Labute approximate surface area is 124 Å². The molecule has 1 aromatic heterocycles. The molecule has 1 fully saturated rings. The van der Waals surface area contributed by atoms with E-state index in [4.69, 9.17) is 0 Å². The Balaban J connectivity index is 2.13. The second-order valence-corrected chi connectivity index (χ2v) is 5.59. The predicted molar refractivity (Wildman–Crippen MR) is 81.7 cm³/mol. The average molecular weight is 294 g/mol. The van der Waals surface area contributed by atoms with Crippen molar-refractivity contribution in [1.29, 1.82) is 0 Å². The van der Waals surface area contributed by atoms with Crippen molar-refractivity contribution in [1.82, 2.24) is 14.9 Å². The normalized spacial score (nSPS) is 16.3. The van der Waals surface area contributed by atoms with Crippen LogP contribution in [0.1, 0.15) is 13.8 Å². The molecule has 0 bridgehead atoms. The molecule has 0 aliphatic carbocycles. The lowest BCUT2D eigenvalue weighted by Crippen LogP contribution is -2.47. The summed E-state index contributed by atoms with van der Waals surface area (Å²) in [5, 5.41) is 14.0. The highest BCUT2D eigenvalue weighted by molar-refractivity contribution is 5.59. The minimum Gasteiger partial charge on any atom is -0.357 e. The zero-order valence-electron chi connectivity index (χ0n) is 12.7. The lowest BCUT2D eigenvalue weighted by molar-refractivity contribution is -0.384. The summed E-state index contributed by atoms with van der Waals surface area (Å²) in [6.07, 6.45) is 1.27. The van der Waals surface area contributed by atoms with Crippen LogP contribution in [-0.2, 0) is 0 Å². The Morgan fingerprint density at radius 3 is 2.57 bits per heavy atom. The minimum atomic E-state index is -0.421. The van der Waals surface area contributed by atoms with E-state index in [1.807, 2.05) is 4.90 Å². The van der Waals surface area contributed by atoms with Crippen LogP contribution >= 0.6 is 0 Å². The van der Waals surface area contributed by atoms with E-state index in [1.165, 1.54) is 6.20 Å². The maximum absolute atomic E-state index is 11.1. The van der Waals surface area contributed by atoms with E-state index >= 15 is 0 Å². The highest BCUT2D eigenvalue weighted by Gasteiger charge is 2.26. The van der Waals surface area contributed by atoms with Crippen LogP contribution in [-0.4, -0.2) is 59.6 Å². The first kappa shape index (κ1) is 15.4. The largest absolute Gasteiger partial charge is 0.357 e. The van der Waals surface area contributed by atoms with Gasteiger partial charge in [0, 0.05) is 39.8 Å². The number of nitro groups is 1. The number of nitrogens with zero attached hydrogens (tertiary/aromatic N) is 5. The molecule has 8 heteroatoms. The van der Waals surface area contributed by atoms with E-state index in [-0.39, 0.29) is 5.69 Å². The average Bonchev–Trinajstić information content (AvgIpc) is 2.46. The first-order valence-electron chi connectivity index (χ1n) is 7.17. The van der Waals surface area contributed by atoms with Crippen molar-refractivity contribution in [2.45, 2.75) is 13.8 Å². The molecule has 0 radical (unpaired) electrons. The maximum atomic E-state index is 11.1. The number of rotatable bonds is 5. The standard InChI is InChI=1S/C13H22N6O2/c1-10(2)9-17-4-6-18(7-5-17)12-11(19(20)21)8-15-13(14-3)16-12/h8,10H,4-7,9H2,1-3H3,(H,14,15,16). The predicted octanol–water partition coefficient (Wildman–Crippen LogP) is 1.20. The highest BCUT2D eigenvalue weighted by atomic mass is 16.6. The number of hydrogen-bond acceptors (Lipinski definition) is 7. The summed E-state index contributed by atoms with van der Waals surface area (Å²) >= 11 is 0. The van der Waals surface area contributed by atoms with Crippen LogP contribution in [0.4, 0.5) is 17.5 Å². The summed E-state index contributed by atoms with van der Waals surface area (Å²) in [5.74, 6) is 1.43. The van der Waals surface area contributed by atoms with Gasteiger partial charge in [-0.2, -0.15) is 4.98 Å². The molecule has 0 amide bonds. The topological polar surface area (TPSA) is 87.4 Å². The molecule has 1 N–H and O–H groups in total. The van der Waals surface area contributed by atoms with Crippen LogP contribution in [0.3, 0.4) is 0 Å². The van der Waals surface area contributed by atoms with E-state index in [0.717, 1.165) is 32.7 Å². The van der Waals surface area contributed by atoms with Gasteiger partial charge in [0.05, 0.1) is 4.92 Å². The number of aromatic nitrogens is 2. The van der Waals surface area contributed by atoms with Gasteiger partial charge < -0.3 is 10.2 Å². The van der Waals surface area contributed by atoms with Crippen LogP contribution in [0.2, 0.25) is 0 Å². The molecular weight excluding hydrogens is 272 g/mol. The fourth-order valence-corrected chi connectivity index (χ4v) is 2.51. The quantitative estimate of drug-likeness (QED) is 0.645. The number of piperazine rings is 1. The zero-order chi connectivity index (χ0) is 15.4. The number of hydrogen-bond donors (Lipinski definition) is 1. The van der Waals surface area contributed by atoms with Crippen molar-refractivity contribution in [2.75, 3.05) is 50.0 Å². The molecule has 0 atom stereocenters. The van der Waals surface area contributed by atoms with Crippen molar-refractivity contribution in [3.63, 3.8) is 0 Å². The van der Waals surface area contributed by atoms with Crippen molar-refractivity contribution in [2.24, 2.45) is 5.92 Å². The molecule has 2 rings (SSSR count). The van der Waals surface area contributed by atoms with E-state index in [1.54, 1.807) is 7.05 Å². The van der Waals surface area contributed by atoms with Crippen LogP contribution in [0.15, 0.2) is 6.20 Å². The van der Waals surface area contributed by atoms with Gasteiger partial charge in [0.1, 0.15) is 6.20 Å². The molecule has 1 aliphatic rings. The molecule has 0 spiro atoms.